The van der Waals surface area contributed by atoms with Crippen LogP contribution in [0.25, 0.3) is 0 Å². The number of hydrogen-bond donors (Lipinski definition) is 2. The number of ether oxygens (including phenoxy) is 3. The summed E-state index contributed by atoms with van der Waals surface area (Å²) in [6.45, 7) is 11.1. The molecule has 0 spiro atoms. The van der Waals surface area contributed by atoms with Crippen molar-refractivity contribution in [3.63, 3.8) is 0 Å². The number of hydrogen-bond acceptors (Lipinski definition) is 6. The van der Waals surface area contributed by atoms with Crippen LogP contribution in [0.15, 0.2) is 30.3 Å². The molecule has 0 radical (unpaired) electrons. The van der Waals surface area contributed by atoms with Crippen molar-refractivity contribution in [3.8, 4) is 0 Å². The fraction of sp³-hybridized carbons (Fsp3) is 0.609. The quantitative estimate of drug-likeness (QED) is 0.340. The Morgan fingerprint density at radius 3 is 2.03 bits per heavy atom. The van der Waals surface area contributed by atoms with Gasteiger partial charge in [0.05, 0.1) is 0 Å². The summed E-state index contributed by atoms with van der Waals surface area (Å²) in [7, 11) is 0. The molecule has 1 rings (SSSR count). The lowest BCUT2D eigenvalue weighted by Crippen LogP contribution is -2.44. The predicted octanol–water partition coefficient (Wildman–Crippen LogP) is 4.32. The molecule has 0 fully saturated rings. The number of carbonyl (C=O) groups is 3. The lowest BCUT2D eigenvalue weighted by atomic mass is 10.1. The first-order valence-electron chi connectivity index (χ1n) is 10.5. The van der Waals surface area contributed by atoms with Gasteiger partial charge < -0.3 is 24.8 Å². The molecule has 0 heterocycles. The Kier molecular flexibility index (Phi) is 10.3. The zero-order chi connectivity index (χ0) is 23.5. The Bertz CT molecular complexity index is 707. The van der Waals surface area contributed by atoms with Crippen LogP contribution in [0.1, 0.15) is 66.4 Å². The van der Waals surface area contributed by atoms with Gasteiger partial charge in [0.2, 0.25) is 0 Å². The fourth-order valence-corrected chi connectivity index (χ4v) is 2.51. The lowest BCUT2D eigenvalue weighted by molar-refractivity contribution is -0.147. The first kappa shape index (κ1) is 26.3. The summed E-state index contributed by atoms with van der Waals surface area (Å²) < 4.78 is 15.8. The second kappa shape index (κ2) is 12.2. The Labute approximate surface area is 185 Å². The average Bonchev–Trinajstić information content (AvgIpc) is 2.62. The largest absolute Gasteiger partial charge is 0.459 e. The van der Waals surface area contributed by atoms with Crippen LogP contribution >= 0.6 is 0 Å². The number of carbonyl (C=O) groups excluding carboxylic acids is 3. The van der Waals surface area contributed by atoms with Crippen LogP contribution in [-0.4, -0.2) is 41.9 Å². The second-order valence-corrected chi connectivity index (χ2v) is 9.22. The molecule has 0 aromatic heterocycles. The highest BCUT2D eigenvalue weighted by Crippen LogP contribution is 2.11. The molecule has 174 valence electrons. The highest BCUT2D eigenvalue weighted by molar-refractivity contribution is 5.81. The Balaban J connectivity index is 2.54. The van der Waals surface area contributed by atoms with Crippen LogP contribution in [0, 0.1) is 0 Å². The third kappa shape index (κ3) is 13.2. The van der Waals surface area contributed by atoms with Crippen molar-refractivity contribution in [2.45, 2.75) is 84.7 Å². The maximum atomic E-state index is 12.6. The number of benzene rings is 1. The smallest absolute Gasteiger partial charge is 0.408 e. The molecule has 0 aliphatic heterocycles. The molecule has 0 bridgehead atoms. The SMILES string of the molecule is CC(C)(C)OC(=O)NCCCC[C@H](NC(=O)OC(C)(C)C)C(=O)OCc1ccccc1. The lowest BCUT2D eigenvalue weighted by Gasteiger charge is -2.23. The maximum Gasteiger partial charge on any atom is 0.408 e. The van der Waals surface area contributed by atoms with Gasteiger partial charge in [-0.3, -0.25) is 0 Å². The van der Waals surface area contributed by atoms with Gasteiger partial charge in [0.1, 0.15) is 23.9 Å². The van der Waals surface area contributed by atoms with Crippen LogP contribution in [0.2, 0.25) is 0 Å². The molecule has 1 aromatic rings. The topological polar surface area (TPSA) is 103 Å². The van der Waals surface area contributed by atoms with E-state index in [1.54, 1.807) is 41.5 Å². The highest BCUT2D eigenvalue weighted by atomic mass is 16.6. The van der Waals surface area contributed by atoms with E-state index in [4.69, 9.17) is 14.2 Å². The predicted molar refractivity (Wildman–Crippen MR) is 117 cm³/mol. The van der Waals surface area contributed by atoms with Gasteiger partial charge in [0.15, 0.2) is 0 Å². The van der Waals surface area contributed by atoms with Crippen molar-refractivity contribution < 1.29 is 28.6 Å². The van der Waals surface area contributed by atoms with Crippen LogP contribution < -0.4 is 10.6 Å². The van der Waals surface area contributed by atoms with E-state index in [-0.39, 0.29) is 6.61 Å². The van der Waals surface area contributed by atoms with Gasteiger partial charge in [-0.2, -0.15) is 0 Å². The summed E-state index contributed by atoms with van der Waals surface area (Å²) in [6.07, 6.45) is 0.372. The maximum absolute atomic E-state index is 12.6. The molecule has 0 saturated heterocycles. The van der Waals surface area contributed by atoms with Gasteiger partial charge >= 0.3 is 18.2 Å². The van der Waals surface area contributed by atoms with Gasteiger partial charge in [-0.05, 0) is 66.4 Å². The van der Waals surface area contributed by atoms with E-state index < -0.39 is 35.4 Å². The minimum atomic E-state index is -0.847. The summed E-state index contributed by atoms with van der Waals surface area (Å²) in [5.41, 5.74) is -0.386. The van der Waals surface area contributed by atoms with E-state index in [9.17, 15) is 14.4 Å². The highest BCUT2D eigenvalue weighted by Gasteiger charge is 2.25. The van der Waals surface area contributed by atoms with E-state index in [0.29, 0.717) is 25.8 Å². The van der Waals surface area contributed by atoms with Crippen molar-refractivity contribution in [1.82, 2.24) is 10.6 Å². The molecular formula is C23H36N2O6. The molecule has 8 heteroatoms. The Morgan fingerprint density at radius 2 is 1.45 bits per heavy atom. The molecule has 0 unspecified atom stereocenters. The molecule has 0 aliphatic rings. The summed E-state index contributed by atoms with van der Waals surface area (Å²) >= 11 is 0. The second-order valence-electron chi connectivity index (χ2n) is 9.22. The number of alkyl carbamates (subject to hydrolysis) is 2. The Hall–Kier alpha value is -2.77. The molecule has 1 aromatic carbocycles. The van der Waals surface area contributed by atoms with E-state index in [1.165, 1.54) is 0 Å². The minimum Gasteiger partial charge on any atom is -0.459 e. The van der Waals surface area contributed by atoms with Crippen molar-refractivity contribution in [2.24, 2.45) is 0 Å². The normalized spacial score (nSPS) is 12.5. The molecule has 2 amide bonds. The van der Waals surface area contributed by atoms with E-state index >= 15 is 0 Å². The fourth-order valence-electron chi connectivity index (χ4n) is 2.51. The standard InChI is InChI=1S/C23H36N2O6/c1-22(2,3)30-20(27)24-15-11-10-14-18(25-21(28)31-23(4,5)6)19(26)29-16-17-12-8-7-9-13-17/h7-9,12-13,18H,10-11,14-16H2,1-6H3,(H,24,27)(H,25,28)/t18-/m0/s1. The molecule has 1 atom stereocenters. The number of esters is 1. The van der Waals surface area contributed by atoms with Gasteiger partial charge in [-0.1, -0.05) is 30.3 Å². The Morgan fingerprint density at radius 1 is 0.871 bits per heavy atom. The summed E-state index contributed by atoms with van der Waals surface area (Å²) in [5, 5.41) is 5.26. The zero-order valence-corrected chi connectivity index (χ0v) is 19.4. The molecule has 0 aliphatic carbocycles. The molecule has 8 nitrogen and oxygen atoms in total. The summed E-state index contributed by atoms with van der Waals surface area (Å²) in [5.74, 6) is -0.533. The number of amides is 2. The number of nitrogens with one attached hydrogen (secondary N) is 2. The van der Waals surface area contributed by atoms with Crippen molar-refractivity contribution in [2.75, 3.05) is 6.54 Å². The summed E-state index contributed by atoms with van der Waals surface area (Å²) in [4.78, 5) is 36.4. The van der Waals surface area contributed by atoms with Gasteiger partial charge in [-0.25, -0.2) is 14.4 Å². The van der Waals surface area contributed by atoms with E-state index in [2.05, 4.69) is 10.6 Å². The van der Waals surface area contributed by atoms with Crippen LogP contribution in [0.4, 0.5) is 9.59 Å². The van der Waals surface area contributed by atoms with Gasteiger partial charge in [-0.15, -0.1) is 0 Å². The molecule has 2 N–H and O–H groups in total. The van der Waals surface area contributed by atoms with Crippen molar-refractivity contribution in [3.05, 3.63) is 35.9 Å². The monoisotopic (exact) mass is 436 g/mol. The number of rotatable bonds is 9. The first-order valence-corrected chi connectivity index (χ1v) is 10.5. The van der Waals surface area contributed by atoms with E-state index in [1.807, 2.05) is 30.3 Å². The minimum absolute atomic E-state index is 0.117. The van der Waals surface area contributed by atoms with Crippen molar-refractivity contribution in [1.29, 1.82) is 0 Å². The first-order chi connectivity index (χ1) is 14.4. The van der Waals surface area contributed by atoms with Crippen molar-refractivity contribution >= 4 is 18.2 Å². The van der Waals surface area contributed by atoms with Crippen LogP contribution in [0.3, 0.4) is 0 Å². The van der Waals surface area contributed by atoms with Gasteiger partial charge in [0, 0.05) is 6.54 Å². The molecule has 31 heavy (non-hydrogen) atoms. The third-order valence-corrected chi connectivity index (χ3v) is 3.79. The van der Waals surface area contributed by atoms with Crippen LogP contribution in [0.5, 0.6) is 0 Å². The van der Waals surface area contributed by atoms with Gasteiger partial charge in [0.25, 0.3) is 0 Å². The van der Waals surface area contributed by atoms with E-state index in [0.717, 1.165) is 5.56 Å². The average molecular weight is 437 g/mol. The number of unbranched alkanes of at least 4 members (excludes halogenated alkanes) is 1. The molecular weight excluding hydrogens is 400 g/mol. The van der Waals surface area contributed by atoms with Crippen LogP contribution in [-0.2, 0) is 25.6 Å². The summed E-state index contributed by atoms with van der Waals surface area (Å²) in [6, 6.07) is 8.45. The third-order valence-electron chi connectivity index (χ3n) is 3.79. The molecule has 0 saturated carbocycles. The zero-order valence-electron chi connectivity index (χ0n) is 19.4.